The molecule has 1 aromatic rings. The summed E-state index contributed by atoms with van der Waals surface area (Å²) >= 11 is 0. The zero-order valence-electron chi connectivity index (χ0n) is 9.01. The fourth-order valence-corrected chi connectivity index (χ4v) is 1.60. The van der Waals surface area contributed by atoms with E-state index in [0.717, 1.165) is 17.5 Å². The number of hydrogen-bond donors (Lipinski definition) is 2. The van der Waals surface area contributed by atoms with Gasteiger partial charge in [0.05, 0.1) is 0 Å². The molecule has 0 unspecified atom stereocenters. The summed E-state index contributed by atoms with van der Waals surface area (Å²) in [6, 6.07) is 0. The van der Waals surface area contributed by atoms with Crippen LogP contribution in [-0.4, -0.2) is 4.98 Å². The third-order valence-electron chi connectivity index (χ3n) is 2.58. The molecule has 0 saturated carbocycles. The van der Waals surface area contributed by atoms with E-state index in [2.05, 4.69) is 11.9 Å². The highest BCUT2D eigenvalue weighted by Crippen LogP contribution is 2.19. The number of nitrogens with two attached hydrogens (primary N) is 2. The average molecular weight is 193 g/mol. The molecule has 3 heteroatoms. The zero-order valence-corrected chi connectivity index (χ0v) is 9.01. The topological polar surface area (TPSA) is 64.9 Å². The van der Waals surface area contributed by atoms with Gasteiger partial charge in [-0.15, -0.1) is 0 Å². The summed E-state index contributed by atoms with van der Waals surface area (Å²) in [6.45, 7) is 4.75. The molecule has 4 N–H and O–H groups in total. The molecule has 0 fully saturated rings. The molecule has 14 heavy (non-hydrogen) atoms. The monoisotopic (exact) mass is 193 g/mol. The molecule has 0 spiro atoms. The van der Waals surface area contributed by atoms with Crippen LogP contribution in [0.1, 0.15) is 36.5 Å². The minimum absolute atomic E-state index is 0.549. The molecule has 0 bridgehead atoms. The van der Waals surface area contributed by atoms with E-state index in [9.17, 15) is 0 Å². The Bertz CT molecular complexity index is 308. The van der Waals surface area contributed by atoms with Crippen LogP contribution < -0.4 is 11.5 Å². The van der Waals surface area contributed by atoms with Gasteiger partial charge in [-0.2, -0.15) is 0 Å². The van der Waals surface area contributed by atoms with Crippen LogP contribution in [0.2, 0.25) is 0 Å². The third kappa shape index (κ3) is 2.23. The van der Waals surface area contributed by atoms with Crippen LogP contribution in [0.25, 0.3) is 0 Å². The highest BCUT2D eigenvalue weighted by molar-refractivity contribution is 5.46. The molecule has 1 aromatic heterocycles. The Morgan fingerprint density at radius 2 is 2.14 bits per heavy atom. The van der Waals surface area contributed by atoms with Crippen molar-refractivity contribution in [1.29, 1.82) is 0 Å². The quantitative estimate of drug-likeness (QED) is 0.766. The molecule has 0 aliphatic rings. The minimum Gasteiger partial charge on any atom is -0.383 e. The maximum absolute atomic E-state index is 5.76. The fraction of sp³-hybridized carbons (Fsp3) is 0.545. The second-order valence-electron chi connectivity index (χ2n) is 3.58. The van der Waals surface area contributed by atoms with Crippen LogP contribution in [0.5, 0.6) is 0 Å². The second kappa shape index (κ2) is 4.96. The van der Waals surface area contributed by atoms with Crippen molar-refractivity contribution in [2.75, 3.05) is 5.73 Å². The summed E-state index contributed by atoms with van der Waals surface area (Å²) in [6.07, 6.45) is 5.22. The van der Waals surface area contributed by atoms with Crippen LogP contribution >= 0.6 is 0 Å². The molecule has 78 valence electrons. The molecule has 0 saturated heterocycles. The molecule has 0 aromatic carbocycles. The van der Waals surface area contributed by atoms with Gasteiger partial charge in [-0.1, -0.05) is 13.3 Å². The second-order valence-corrected chi connectivity index (χ2v) is 3.58. The Morgan fingerprint density at radius 3 is 2.71 bits per heavy atom. The van der Waals surface area contributed by atoms with Gasteiger partial charge < -0.3 is 11.5 Å². The molecular formula is C11H19N3. The van der Waals surface area contributed by atoms with Gasteiger partial charge in [0.1, 0.15) is 5.82 Å². The van der Waals surface area contributed by atoms with E-state index in [-0.39, 0.29) is 0 Å². The van der Waals surface area contributed by atoms with Crippen molar-refractivity contribution in [3.63, 3.8) is 0 Å². The summed E-state index contributed by atoms with van der Waals surface area (Å²) in [7, 11) is 0. The van der Waals surface area contributed by atoms with E-state index in [1.165, 1.54) is 18.4 Å². The lowest BCUT2D eigenvalue weighted by molar-refractivity contribution is 0.779. The number of nitrogens with zero attached hydrogens (tertiary/aromatic N) is 1. The average Bonchev–Trinajstić information content (AvgIpc) is 2.20. The lowest BCUT2D eigenvalue weighted by Gasteiger charge is -2.12. The summed E-state index contributed by atoms with van der Waals surface area (Å²) in [5, 5.41) is 0. The van der Waals surface area contributed by atoms with Gasteiger partial charge in [-0.05, 0) is 36.5 Å². The van der Waals surface area contributed by atoms with Crippen LogP contribution in [0.15, 0.2) is 6.20 Å². The van der Waals surface area contributed by atoms with E-state index < -0.39 is 0 Å². The first-order chi connectivity index (χ1) is 6.70. The Labute approximate surface area is 85.5 Å². The number of anilines is 1. The Balaban J connectivity index is 3.01. The van der Waals surface area contributed by atoms with Gasteiger partial charge in [0.2, 0.25) is 0 Å². The van der Waals surface area contributed by atoms with E-state index in [4.69, 9.17) is 11.5 Å². The van der Waals surface area contributed by atoms with E-state index >= 15 is 0 Å². The van der Waals surface area contributed by atoms with Crippen molar-refractivity contribution in [3.8, 4) is 0 Å². The van der Waals surface area contributed by atoms with Crippen LogP contribution in [0, 0.1) is 6.92 Å². The van der Waals surface area contributed by atoms with Crippen molar-refractivity contribution in [2.45, 2.75) is 39.7 Å². The first-order valence-electron chi connectivity index (χ1n) is 5.13. The van der Waals surface area contributed by atoms with Crippen molar-refractivity contribution < 1.29 is 0 Å². The standard InChI is InChI=1S/C11H19N3/c1-3-4-5-10-8(2)11(13)14-7-9(10)6-12/h7H,3-6,12H2,1-2H3,(H2,13,14). The molecule has 0 aliphatic carbocycles. The normalized spacial score (nSPS) is 10.5. The smallest absolute Gasteiger partial charge is 0.126 e. The predicted molar refractivity (Wildman–Crippen MR) is 59.9 cm³/mol. The molecule has 0 aliphatic heterocycles. The first kappa shape index (κ1) is 11.0. The molecule has 0 atom stereocenters. The van der Waals surface area contributed by atoms with Gasteiger partial charge >= 0.3 is 0 Å². The largest absolute Gasteiger partial charge is 0.383 e. The molecule has 1 heterocycles. The highest BCUT2D eigenvalue weighted by Gasteiger charge is 2.07. The number of hydrogen-bond acceptors (Lipinski definition) is 3. The van der Waals surface area contributed by atoms with Crippen LogP contribution in [0.3, 0.4) is 0 Å². The van der Waals surface area contributed by atoms with Crippen molar-refractivity contribution in [1.82, 2.24) is 4.98 Å². The maximum Gasteiger partial charge on any atom is 0.126 e. The predicted octanol–water partition coefficient (Wildman–Crippen LogP) is 1.77. The van der Waals surface area contributed by atoms with Crippen molar-refractivity contribution >= 4 is 5.82 Å². The first-order valence-corrected chi connectivity index (χ1v) is 5.13. The van der Waals surface area contributed by atoms with Crippen LogP contribution in [0.4, 0.5) is 5.82 Å². The van der Waals surface area contributed by atoms with E-state index in [1.54, 1.807) is 6.20 Å². The van der Waals surface area contributed by atoms with Gasteiger partial charge in [-0.3, -0.25) is 0 Å². The number of aromatic nitrogens is 1. The van der Waals surface area contributed by atoms with E-state index in [0.29, 0.717) is 12.4 Å². The SMILES string of the molecule is CCCCc1c(CN)cnc(N)c1C. The van der Waals surface area contributed by atoms with Crippen LogP contribution in [-0.2, 0) is 13.0 Å². The molecule has 1 rings (SSSR count). The summed E-state index contributed by atoms with van der Waals surface area (Å²) < 4.78 is 0. The van der Waals surface area contributed by atoms with Gasteiger partial charge in [0, 0.05) is 12.7 Å². The van der Waals surface area contributed by atoms with Gasteiger partial charge in [-0.25, -0.2) is 4.98 Å². The summed E-state index contributed by atoms with van der Waals surface area (Å²) in [4.78, 5) is 4.12. The summed E-state index contributed by atoms with van der Waals surface area (Å²) in [5.41, 5.74) is 14.9. The molecular weight excluding hydrogens is 174 g/mol. The maximum atomic E-state index is 5.76. The lowest BCUT2D eigenvalue weighted by atomic mass is 9.99. The van der Waals surface area contributed by atoms with Gasteiger partial charge in [0.25, 0.3) is 0 Å². The molecule has 0 amide bonds. The molecule has 3 nitrogen and oxygen atoms in total. The Hall–Kier alpha value is -1.09. The zero-order chi connectivity index (χ0) is 10.6. The Kier molecular flexibility index (Phi) is 3.89. The number of unbranched alkanes of at least 4 members (excludes halogenated alkanes) is 1. The highest BCUT2D eigenvalue weighted by atomic mass is 14.8. The van der Waals surface area contributed by atoms with Crippen molar-refractivity contribution in [2.24, 2.45) is 5.73 Å². The Morgan fingerprint density at radius 1 is 1.43 bits per heavy atom. The number of rotatable bonds is 4. The lowest BCUT2D eigenvalue weighted by Crippen LogP contribution is -2.07. The van der Waals surface area contributed by atoms with E-state index in [1.807, 2.05) is 6.92 Å². The number of nitrogen functional groups attached to an aromatic ring is 1. The summed E-state index contributed by atoms with van der Waals surface area (Å²) in [5.74, 6) is 0.633. The number of pyridine rings is 1. The third-order valence-corrected chi connectivity index (χ3v) is 2.58. The molecule has 0 radical (unpaired) electrons. The van der Waals surface area contributed by atoms with Gasteiger partial charge in [0.15, 0.2) is 0 Å². The fourth-order valence-electron chi connectivity index (χ4n) is 1.60. The minimum atomic E-state index is 0.549. The van der Waals surface area contributed by atoms with Crippen molar-refractivity contribution in [3.05, 3.63) is 22.9 Å².